The van der Waals surface area contributed by atoms with Gasteiger partial charge in [0.1, 0.15) is 0 Å². The van der Waals surface area contributed by atoms with E-state index in [-0.39, 0.29) is 22.7 Å². The maximum absolute atomic E-state index is 12.5. The number of carbonyl (C=O) groups is 2. The maximum atomic E-state index is 12.5. The Hall–Kier alpha value is -3.31. The lowest BCUT2D eigenvalue weighted by Gasteiger charge is -2.20. The quantitative estimate of drug-likeness (QED) is 0.502. The first-order valence-electron chi connectivity index (χ1n) is 9.92. The first-order chi connectivity index (χ1) is 15.4. The number of hydrogen-bond donors (Lipinski definition) is 3. The van der Waals surface area contributed by atoms with E-state index in [1.807, 2.05) is 0 Å². The number of hydrogen-bond acceptors (Lipinski definition) is 7. The van der Waals surface area contributed by atoms with Crippen molar-refractivity contribution in [2.75, 3.05) is 33.2 Å². The lowest BCUT2D eigenvalue weighted by molar-refractivity contribution is -0.115. The van der Waals surface area contributed by atoms with Gasteiger partial charge in [0.25, 0.3) is 5.91 Å². The predicted molar refractivity (Wildman–Crippen MR) is 124 cm³/mol. The van der Waals surface area contributed by atoms with Gasteiger partial charge in [-0.2, -0.15) is 0 Å². The fourth-order valence-corrected chi connectivity index (χ4v) is 4.35. The molecule has 0 aliphatic rings. The third-order valence-corrected chi connectivity index (χ3v) is 5.96. The molecule has 0 bridgehead atoms. The molecule has 10 nitrogen and oxygen atoms in total. The zero-order valence-electron chi connectivity index (χ0n) is 19.4. The molecule has 0 aromatic heterocycles. The smallest absolute Gasteiger partial charge is 0.251 e. The van der Waals surface area contributed by atoms with Crippen LogP contribution in [0.15, 0.2) is 41.3 Å². The van der Waals surface area contributed by atoms with Crippen LogP contribution in [0.25, 0.3) is 0 Å². The average Bonchev–Trinajstić information content (AvgIpc) is 2.74. The van der Waals surface area contributed by atoms with Gasteiger partial charge in [-0.25, -0.2) is 13.1 Å². The Balaban J connectivity index is 2.07. The molecule has 0 heterocycles. The number of benzene rings is 2. The average molecular weight is 480 g/mol. The molecular weight excluding hydrogens is 450 g/mol. The third-order valence-electron chi connectivity index (χ3n) is 4.21. The van der Waals surface area contributed by atoms with Crippen molar-refractivity contribution in [1.29, 1.82) is 0 Å². The summed E-state index contributed by atoms with van der Waals surface area (Å²) in [6, 6.07) is 8.76. The summed E-state index contributed by atoms with van der Waals surface area (Å²) in [5.41, 5.74) is -0.174. The molecule has 2 aromatic rings. The molecule has 0 unspecified atom stereocenters. The summed E-state index contributed by atoms with van der Waals surface area (Å²) in [5.74, 6) is -0.129. The summed E-state index contributed by atoms with van der Waals surface area (Å²) in [4.78, 5) is 24.9. The van der Waals surface area contributed by atoms with E-state index >= 15 is 0 Å². The van der Waals surface area contributed by atoms with Crippen LogP contribution in [0, 0.1) is 0 Å². The minimum absolute atomic E-state index is 0.0108. The molecule has 2 rings (SSSR count). The highest BCUT2D eigenvalue weighted by Gasteiger charge is 2.22. The summed E-state index contributed by atoms with van der Waals surface area (Å²) in [5, 5.41) is 5.07. The van der Waals surface area contributed by atoms with E-state index in [1.54, 1.807) is 26.8 Å². The molecule has 33 heavy (non-hydrogen) atoms. The Bertz CT molecular complexity index is 1100. The molecule has 2 aromatic carbocycles. The molecule has 0 fully saturated rings. The van der Waals surface area contributed by atoms with Crippen LogP contribution in [0.1, 0.15) is 31.1 Å². The molecular formula is C22H29N3O7S. The molecule has 0 atom stereocenters. The number of anilines is 1. The monoisotopic (exact) mass is 479 g/mol. The zero-order valence-corrected chi connectivity index (χ0v) is 20.3. The van der Waals surface area contributed by atoms with E-state index < -0.39 is 27.4 Å². The van der Waals surface area contributed by atoms with E-state index in [4.69, 9.17) is 14.2 Å². The number of rotatable bonds is 9. The van der Waals surface area contributed by atoms with Crippen molar-refractivity contribution in [2.24, 2.45) is 0 Å². The highest BCUT2D eigenvalue weighted by atomic mass is 32.2. The Labute approximate surface area is 193 Å². The molecule has 0 radical (unpaired) electrons. The van der Waals surface area contributed by atoms with Gasteiger partial charge >= 0.3 is 0 Å². The Kier molecular flexibility index (Phi) is 8.29. The van der Waals surface area contributed by atoms with E-state index in [2.05, 4.69) is 15.4 Å². The predicted octanol–water partition coefficient (Wildman–Crippen LogP) is 2.16. The molecule has 0 aliphatic heterocycles. The van der Waals surface area contributed by atoms with Gasteiger partial charge in [0.15, 0.2) is 11.5 Å². The third kappa shape index (κ3) is 7.09. The van der Waals surface area contributed by atoms with Gasteiger partial charge in [-0.3, -0.25) is 9.59 Å². The van der Waals surface area contributed by atoms with Crippen LogP contribution in [0.5, 0.6) is 17.2 Å². The van der Waals surface area contributed by atoms with E-state index in [0.29, 0.717) is 17.2 Å². The van der Waals surface area contributed by atoms with Crippen molar-refractivity contribution < 1.29 is 32.2 Å². The second-order valence-electron chi connectivity index (χ2n) is 8.03. The van der Waals surface area contributed by atoms with Crippen molar-refractivity contribution in [3.8, 4) is 17.2 Å². The van der Waals surface area contributed by atoms with Crippen molar-refractivity contribution in [3.05, 3.63) is 42.0 Å². The minimum Gasteiger partial charge on any atom is -0.493 e. The van der Waals surface area contributed by atoms with Crippen molar-refractivity contribution in [3.63, 3.8) is 0 Å². The van der Waals surface area contributed by atoms with Gasteiger partial charge in [-0.1, -0.05) is 6.07 Å². The SMILES string of the molecule is COc1cc(C(=O)NCC(=O)Nc2cccc(S(=O)(=O)NC(C)(C)C)c2)cc(OC)c1OC. The Morgan fingerprint density at radius 2 is 1.55 bits per heavy atom. The van der Waals surface area contributed by atoms with Crippen LogP contribution in [0.4, 0.5) is 5.69 Å². The van der Waals surface area contributed by atoms with E-state index in [0.717, 1.165) is 0 Å². The summed E-state index contributed by atoms with van der Waals surface area (Å²) in [6.07, 6.45) is 0. The summed E-state index contributed by atoms with van der Waals surface area (Å²) < 4.78 is 43.2. The normalized spacial score (nSPS) is 11.5. The number of nitrogens with one attached hydrogen (secondary N) is 3. The Morgan fingerprint density at radius 1 is 0.939 bits per heavy atom. The number of ether oxygens (including phenoxy) is 3. The summed E-state index contributed by atoms with van der Waals surface area (Å²) in [6.45, 7) is 4.85. The fraction of sp³-hybridized carbons (Fsp3) is 0.364. The summed E-state index contributed by atoms with van der Waals surface area (Å²) >= 11 is 0. The van der Waals surface area contributed by atoms with Gasteiger partial charge in [0.2, 0.25) is 21.7 Å². The molecule has 0 saturated carbocycles. The standard InChI is InChI=1S/C22H29N3O7S/c1-22(2,3)25-33(28,29)16-9-7-8-15(12-16)24-19(26)13-23-21(27)14-10-17(30-4)20(32-6)18(11-14)31-5/h7-12,25H,13H2,1-6H3,(H,23,27)(H,24,26). The second-order valence-corrected chi connectivity index (χ2v) is 9.71. The van der Waals surface area contributed by atoms with Gasteiger partial charge < -0.3 is 24.8 Å². The lowest BCUT2D eigenvalue weighted by Crippen LogP contribution is -2.40. The largest absolute Gasteiger partial charge is 0.493 e. The molecule has 2 amide bonds. The van der Waals surface area contributed by atoms with E-state index in [9.17, 15) is 18.0 Å². The van der Waals surface area contributed by atoms with Crippen LogP contribution in [0.3, 0.4) is 0 Å². The van der Waals surface area contributed by atoms with Crippen LogP contribution in [-0.2, 0) is 14.8 Å². The topological polar surface area (TPSA) is 132 Å². The van der Waals surface area contributed by atoms with Crippen LogP contribution in [0.2, 0.25) is 0 Å². The molecule has 180 valence electrons. The summed E-state index contributed by atoms with van der Waals surface area (Å²) in [7, 11) is 0.543. The van der Waals surface area contributed by atoms with Gasteiger partial charge in [0, 0.05) is 16.8 Å². The maximum Gasteiger partial charge on any atom is 0.251 e. The molecule has 0 aliphatic carbocycles. The van der Waals surface area contributed by atoms with Crippen LogP contribution < -0.4 is 29.6 Å². The number of methoxy groups -OCH3 is 3. The molecule has 11 heteroatoms. The first kappa shape index (κ1) is 25.9. The Morgan fingerprint density at radius 3 is 2.06 bits per heavy atom. The fourth-order valence-electron chi connectivity index (χ4n) is 2.88. The molecule has 0 spiro atoms. The van der Waals surface area contributed by atoms with Crippen molar-refractivity contribution in [2.45, 2.75) is 31.2 Å². The second kappa shape index (κ2) is 10.5. The van der Waals surface area contributed by atoms with Gasteiger partial charge in [-0.05, 0) is 51.1 Å². The van der Waals surface area contributed by atoms with Gasteiger partial charge in [0.05, 0.1) is 32.8 Å². The number of amides is 2. The van der Waals surface area contributed by atoms with Crippen molar-refractivity contribution >= 4 is 27.5 Å². The highest BCUT2D eigenvalue weighted by Crippen LogP contribution is 2.38. The molecule has 0 saturated heterocycles. The zero-order chi connectivity index (χ0) is 24.8. The van der Waals surface area contributed by atoms with Crippen molar-refractivity contribution in [1.82, 2.24) is 10.0 Å². The van der Waals surface area contributed by atoms with Gasteiger partial charge in [-0.15, -0.1) is 0 Å². The van der Waals surface area contributed by atoms with E-state index in [1.165, 1.54) is 51.7 Å². The lowest BCUT2D eigenvalue weighted by atomic mass is 10.1. The highest BCUT2D eigenvalue weighted by molar-refractivity contribution is 7.89. The van der Waals surface area contributed by atoms with Crippen LogP contribution in [-0.4, -0.2) is 53.6 Å². The van der Waals surface area contributed by atoms with Crippen LogP contribution >= 0.6 is 0 Å². The number of carbonyl (C=O) groups excluding carboxylic acids is 2. The molecule has 3 N–H and O–H groups in total. The first-order valence-corrected chi connectivity index (χ1v) is 11.4. The minimum atomic E-state index is -3.76. The number of sulfonamides is 1.